The SMILES string of the molecule is CCS(=O)(=O)N1CCCC(C(=O)N2C[C@H](O)C[C@H]2COC)C1. The summed E-state index contributed by atoms with van der Waals surface area (Å²) in [6.07, 6.45) is 1.38. The number of amides is 1. The van der Waals surface area contributed by atoms with Gasteiger partial charge in [0.25, 0.3) is 0 Å². The molecule has 0 radical (unpaired) electrons. The maximum Gasteiger partial charge on any atom is 0.227 e. The zero-order chi connectivity index (χ0) is 16.3. The Bertz CT molecular complexity index is 495. The van der Waals surface area contributed by atoms with Gasteiger partial charge < -0.3 is 14.7 Å². The van der Waals surface area contributed by atoms with Crippen molar-refractivity contribution in [3.8, 4) is 0 Å². The standard InChI is InChI=1S/C14H26N2O5S/c1-3-22(19,20)15-6-4-5-11(8-15)14(18)16-9-13(17)7-12(16)10-21-2/h11-13,17H,3-10H2,1-2H3/t11?,12-,13+/m0/s1. The van der Waals surface area contributed by atoms with Crippen LogP contribution >= 0.6 is 0 Å². The van der Waals surface area contributed by atoms with Gasteiger partial charge in [0.2, 0.25) is 15.9 Å². The van der Waals surface area contributed by atoms with Gasteiger partial charge >= 0.3 is 0 Å². The molecule has 0 aromatic rings. The van der Waals surface area contributed by atoms with Crippen LogP contribution in [0.25, 0.3) is 0 Å². The van der Waals surface area contributed by atoms with Gasteiger partial charge in [-0.1, -0.05) is 0 Å². The number of aliphatic hydroxyl groups is 1. The van der Waals surface area contributed by atoms with Gasteiger partial charge in [-0.25, -0.2) is 12.7 Å². The number of likely N-dealkylation sites (tertiary alicyclic amines) is 1. The van der Waals surface area contributed by atoms with Crippen LogP contribution in [0.15, 0.2) is 0 Å². The maximum atomic E-state index is 12.7. The first-order valence-corrected chi connectivity index (χ1v) is 9.45. The van der Waals surface area contributed by atoms with E-state index in [0.717, 1.165) is 0 Å². The average Bonchev–Trinajstić information content (AvgIpc) is 2.87. The summed E-state index contributed by atoms with van der Waals surface area (Å²) in [5.74, 6) is -0.322. The van der Waals surface area contributed by atoms with Gasteiger partial charge in [-0.2, -0.15) is 0 Å². The molecule has 2 saturated heterocycles. The number of carbonyl (C=O) groups is 1. The highest BCUT2D eigenvalue weighted by molar-refractivity contribution is 7.89. The lowest BCUT2D eigenvalue weighted by Gasteiger charge is -2.34. The molecule has 2 fully saturated rings. The minimum absolute atomic E-state index is 0.0582. The molecule has 2 aliphatic rings. The first-order valence-electron chi connectivity index (χ1n) is 7.84. The van der Waals surface area contributed by atoms with Crippen LogP contribution in [0.3, 0.4) is 0 Å². The second-order valence-electron chi connectivity index (χ2n) is 6.09. The van der Waals surface area contributed by atoms with Crippen LogP contribution in [-0.4, -0.2) is 79.9 Å². The molecule has 0 aromatic heterocycles. The molecule has 2 heterocycles. The van der Waals surface area contributed by atoms with Crippen molar-refractivity contribution in [3.63, 3.8) is 0 Å². The van der Waals surface area contributed by atoms with Crippen molar-refractivity contribution < 1.29 is 23.1 Å². The van der Waals surface area contributed by atoms with Crippen molar-refractivity contribution >= 4 is 15.9 Å². The summed E-state index contributed by atoms with van der Waals surface area (Å²) in [4.78, 5) is 14.4. The summed E-state index contributed by atoms with van der Waals surface area (Å²) in [7, 11) is -1.68. The van der Waals surface area contributed by atoms with E-state index < -0.39 is 16.1 Å². The van der Waals surface area contributed by atoms with Crippen molar-refractivity contribution in [2.45, 2.75) is 38.3 Å². The Morgan fingerprint density at radius 2 is 2.09 bits per heavy atom. The van der Waals surface area contributed by atoms with Crippen molar-refractivity contribution in [2.75, 3.05) is 39.1 Å². The first-order chi connectivity index (χ1) is 10.4. The highest BCUT2D eigenvalue weighted by Crippen LogP contribution is 2.26. The average molecular weight is 334 g/mol. The van der Waals surface area contributed by atoms with Crippen molar-refractivity contribution in [3.05, 3.63) is 0 Å². The number of hydrogen-bond donors (Lipinski definition) is 1. The zero-order valence-corrected chi connectivity index (χ0v) is 14.1. The largest absolute Gasteiger partial charge is 0.391 e. The maximum absolute atomic E-state index is 12.7. The second-order valence-corrected chi connectivity index (χ2v) is 8.34. The summed E-state index contributed by atoms with van der Waals surface area (Å²) in [6.45, 7) is 3.06. The van der Waals surface area contributed by atoms with Crippen LogP contribution in [0.4, 0.5) is 0 Å². The second kappa shape index (κ2) is 7.25. The molecule has 128 valence electrons. The summed E-state index contributed by atoms with van der Waals surface area (Å²) < 4.78 is 30.6. The van der Waals surface area contributed by atoms with Gasteiger partial charge in [0.1, 0.15) is 0 Å². The zero-order valence-electron chi connectivity index (χ0n) is 13.3. The molecule has 2 rings (SSSR count). The molecule has 0 saturated carbocycles. The molecular formula is C14H26N2O5S. The van der Waals surface area contributed by atoms with Gasteiger partial charge in [-0.05, 0) is 26.2 Å². The Morgan fingerprint density at radius 1 is 1.36 bits per heavy atom. The Hall–Kier alpha value is -0.700. The number of sulfonamides is 1. The van der Waals surface area contributed by atoms with E-state index in [1.807, 2.05) is 0 Å². The van der Waals surface area contributed by atoms with Crippen LogP contribution in [-0.2, 0) is 19.6 Å². The Kier molecular flexibility index (Phi) is 5.81. The Morgan fingerprint density at radius 3 is 2.73 bits per heavy atom. The monoisotopic (exact) mass is 334 g/mol. The minimum atomic E-state index is -3.26. The third-order valence-electron chi connectivity index (χ3n) is 4.53. The lowest BCUT2D eigenvalue weighted by Crippen LogP contribution is -2.49. The summed E-state index contributed by atoms with van der Waals surface area (Å²) in [6, 6.07) is -0.120. The normalized spacial score (nSPS) is 30.7. The molecule has 1 amide bonds. The van der Waals surface area contributed by atoms with Crippen molar-refractivity contribution in [1.82, 2.24) is 9.21 Å². The summed E-state index contributed by atoms with van der Waals surface area (Å²) in [5, 5.41) is 9.81. The van der Waals surface area contributed by atoms with E-state index in [1.165, 1.54) is 4.31 Å². The molecule has 1 unspecified atom stereocenters. The van der Waals surface area contributed by atoms with Gasteiger partial charge in [-0.3, -0.25) is 4.79 Å². The molecule has 8 heteroatoms. The number of β-amino-alcohol motifs (C(OH)–C–C–N with tert-alkyl or cyclic N) is 1. The van der Waals surface area contributed by atoms with Crippen molar-refractivity contribution in [1.29, 1.82) is 0 Å². The molecule has 0 spiro atoms. The van der Waals surface area contributed by atoms with E-state index in [2.05, 4.69) is 0 Å². The van der Waals surface area contributed by atoms with Gasteiger partial charge in [0, 0.05) is 26.7 Å². The van der Waals surface area contributed by atoms with Crippen LogP contribution in [0.1, 0.15) is 26.2 Å². The number of methoxy groups -OCH3 is 1. The third-order valence-corrected chi connectivity index (χ3v) is 6.37. The number of ether oxygens (including phenoxy) is 1. The molecule has 0 bridgehead atoms. The molecule has 22 heavy (non-hydrogen) atoms. The van der Waals surface area contributed by atoms with E-state index in [0.29, 0.717) is 39.0 Å². The Labute approximate surface area is 132 Å². The summed E-state index contributed by atoms with van der Waals surface area (Å²) >= 11 is 0. The van der Waals surface area contributed by atoms with E-state index in [1.54, 1.807) is 18.9 Å². The highest BCUT2D eigenvalue weighted by atomic mass is 32.2. The third kappa shape index (κ3) is 3.79. The van der Waals surface area contributed by atoms with Crippen molar-refractivity contribution in [2.24, 2.45) is 5.92 Å². The Balaban J connectivity index is 2.05. The van der Waals surface area contributed by atoms with E-state index in [-0.39, 0.29) is 30.2 Å². The first kappa shape index (κ1) is 17.7. The quantitative estimate of drug-likeness (QED) is 0.743. The van der Waals surface area contributed by atoms with Gasteiger partial charge in [0.15, 0.2) is 0 Å². The summed E-state index contributed by atoms with van der Waals surface area (Å²) in [5.41, 5.74) is 0. The molecule has 2 aliphatic heterocycles. The molecule has 1 N–H and O–H groups in total. The molecule has 0 aromatic carbocycles. The number of rotatable bonds is 5. The van der Waals surface area contributed by atoms with Crippen LogP contribution < -0.4 is 0 Å². The number of carbonyl (C=O) groups excluding carboxylic acids is 1. The molecule has 0 aliphatic carbocycles. The fourth-order valence-electron chi connectivity index (χ4n) is 3.33. The van der Waals surface area contributed by atoms with E-state index in [9.17, 15) is 18.3 Å². The smallest absolute Gasteiger partial charge is 0.227 e. The fraction of sp³-hybridized carbons (Fsp3) is 0.929. The van der Waals surface area contributed by atoms with E-state index in [4.69, 9.17) is 4.74 Å². The fourth-order valence-corrected chi connectivity index (χ4v) is 4.51. The molecule has 3 atom stereocenters. The lowest BCUT2D eigenvalue weighted by atomic mass is 9.98. The topological polar surface area (TPSA) is 87.2 Å². The number of piperidine rings is 1. The number of aliphatic hydroxyl groups excluding tert-OH is 1. The predicted molar refractivity (Wildman–Crippen MR) is 81.8 cm³/mol. The molecule has 7 nitrogen and oxygen atoms in total. The molecular weight excluding hydrogens is 308 g/mol. The predicted octanol–water partition coefficient (Wildman–Crippen LogP) is -0.344. The van der Waals surface area contributed by atoms with E-state index >= 15 is 0 Å². The number of hydrogen-bond acceptors (Lipinski definition) is 5. The lowest BCUT2D eigenvalue weighted by molar-refractivity contribution is -0.138. The van der Waals surface area contributed by atoms with Crippen LogP contribution in [0.2, 0.25) is 0 Å². The number of nitrogens with zero attached hydrogens (tertiary/aromatic N) is 2. The van der Waals surface area contributed by atoms with Crippen LogP contribution in [0.5, 0.6) is 0 Å². The highest BCUT2D eigenvalue weighted by Gasteiger charge is 2.39. The van der Waals surface area contributed by atoms with Crippen LogP contribution in [0, 0.1) is 5.92 Å². The minimum Gasteiger partial charge on any atom is -0.391 e. The van der Waals surface area contributed by atoms with Gasteiger partial charge in [0.05, 0.1) is 30.4 Å². The van der Waals surface area contributed by atoms with Gasteiger partial charge in [-0.15, -0.1) is 0 Å².